The van der Waals surface area contributed by atoms with Gasteiger partial charge in [0.2, 0.25) is 0 Å². The molecule has 1 N–H and O–H groups in total. The third-order valence-corrected chi connectivity index (χ3v) is 4.74. The summed E-state index contributed by atoms with van der Waals surface area (Å²) in [6, 6.07) is 2.09. The van der Waals surface area contributed by atoms with E-state index in [9.17, 15) is 4.79 Å². The van der Waals surface area contributed by atoms with E-state index in [-0.39, 0.29) is 29.7 Å². The maximum absolute atomic E-state index is 12.7. The molecule has 3 rings (SSSR count). The lowest BCUT2D eigenvalue weighted by molar-refractivity contribution is -0.0549. The van der Waals surface area contributed by atoms with E-state index < -0.39 is 0 Å². The molecule has 0 saturated carbocycles. The highest BCUT2D eigenvalue weighted by Crippen LogP contribution is 2.42. The van der Waals surface area contributed by atoms with Gasteiger partial charge < -0.3 is 19.4 Å². The first-order chi connectivity index (χ1) is 10.7. The zero-order valence-electron chi connectivity index (χ0n) is 14.8. The summed E-state index contributed by atoms with van der Waals surface area (Å²) in [7, 11) is 0. The SMILES string of the molecule is Cc1cc2c(o1)CC(C)(C)CC2NC(=O)N1CC(C)OC(C)C1. The number of carbonyl (C=O) groups is 1. The molecular formula is C18H28N2O3. The van der Waals surface area contributed by atoms with E-state index in [2.05, 4.69) is 25.2 Å². The van der Waals surface area contributed by atoms with Gasteiger partial charge in [-0.2, -0.15) is 0 Å². The van der Waals surface area contributed by atoms with Gasteiger partial charge in [-0.1, -0.05) is 13.8 Å². The van der Waals surface area contributed by atoms with Crippen LogP contribution in [-0.4, -0.2) is 36.2 Å². The molecule has 1 aliphatic carbocycles. The Morgan fingerprint density at radius 1 is 1.30 bits per heavy atom. The predicted molar refractivity (Wildman–Crippen MR) is 88.4 cm³/mol. The molecule has 128 valence electrons. The summed E-state index contributed by atoms with van der Waals surface area (Å²) in [6.45, 7) is 11.7. The number of rotatable bonds is 1. The molecule has 0 aromatic carbocycles. The van der Waals surface area contributed by atoms with E-state index in [1.807, 2.05) is 25.7 Å². The number of aryl methyl sites for hydroxylation is 1. The predicted octanol–water partition coefficient (Wildman–Crippen LogP) is 3.42. The van der Waals surface area contributed by atoms with Gasteiger partial charge in [-0.15, -0.1) is 0 Å². The van der Waals surface area contributed by atoms with Gasteiger partial charge in [0.25, 0.3) is 0 Å². The molecule has 23 heavy (non-hydrogen) atoms. The van der Waals surface area contributed by atoms with Crippen molar-refractivity contribution in [1.82, 2.24) is 10.2 Å². The van der Waals surface area contributed by atoms with Crippen LogP contribution in [0.25, 0.3) is 0 Å². The smallest absolute Gasteiger partial charge is 0.318 e. The van der Waals surface area contributed by atoms with Crippen LogP contribution in [0.1, 0.15) is 57.2 Å². The Hall–Kier alpha value is -1.49. The van der Waals surface area contributed by atoms with Crippen molar-refractivity contribution >= 4 is 6.03 Å². The molecule has 1 aliphatic heterocycles. The van der Waals surface area contributed by atoms with Gasteiger partial charge in [0.15, 0.2) is 0 Å². The first kappa shape index (κ1) is 16.4. The minimum absolute atomic E-state index is 0.000460. The van der Waals surface area contributed by atoms with Gasteiger partial charge in [0.05, 0.1) is 18.2 Å². The summed E-state index contributed by atoms with van der Waals surface area (Å²) in [6.07, 6.45) is 2.02. The zero-order chi connectivity index (χ0) is 16.8. The van der Waals surface area contributed by atoms with Crippen molar-refractivity contribution in [3.05, 3.63) is 23.2 Å². The fourth-order valence-electron chi connectivity index (χ4n) is 3.90. The molecule has 1 aromatic heterocycles. The number of amides is 2. The van der Waals surface area contributed by atoms with Crippen molar-refractivity contribution in [2.75, 3.05) is 13.1 Å². The number of carbonyl (C=O) groups excluding carboxylic acids is 1. The molecule has 0 bridgehead atoms. The second-order valence-electron chi connectivity index (χ2n) is 7.95. The van der Waals surface area contributed by atoms with E-state index >= 15 is 0 Å². The molecule has 1 aromatic rings. The van der Waals surface area contributed by atoms with Crippen LogP contribution >= 0.6 is 0 Å². The molecule has 1 saturated heterocycles. The van der Waals surface area contributed by atoms with Gasteiger partial charge >= 0.3 is 6.03 Å². The summed E-state index contributed by atoms with van der Waals surface area (Å²) >= 11 is 0. The van der Waals surface area contributed by atoms with Gasteiger partial charge in [-0.05, 0) is 38.7 Å². The first-order valence-electron chi connectivity index (χ1n) is 8.53. The van der Waals surface area contributed by atoms with Crippen LogP contribution in [0.4, 0.5) is 4.79 Å². The molecule has 3 atom stereocenters. The molecule has 2 aliphatic rings. The lowest BCUT2D eigenvalue weighted by Gasteiger charge is -2.38. The van der Waals surface area contributed by atoms with Crippen molar-refractivity contribution < 1.29 is 13.9 Å². The zero-order valence-corrected chi connectivity index (χ0v) is 14.8. The molecule has 2 amide bonds. The third-order valence-electron chi connectivity index (χ3n) is 4.74. The summed E-state index contributed by atoms with van der Waals surface area (Å²) < 4.78 is 11.6. The van der Waals surface area contributed by atoms with E-state index in [0.717, 1.165) is 29.9 Å². The molecule has 1 fully saturated rings. The molecular weight excluding hydrogens is 292 g/mol. The van der Waals surface area contributed by atoms with Crippen LogP contribution in [0.3, 0.4) is 0 Å². The first-order valence-corrected chi connectivity index (χ1v) is 8.53. The fraction of sp³-hybridized carbons (Fsp3) is 0.722. The Kier molecular flexibility index (Phi) is 4.17. The lowest BCUT2D eigenvalue weighted by atomic mass is 9.75. The number of hydrogen-bond donors (Lipinski definition) is 1. The van der Waals surface area contributed by atoms with Crippen molar-refractivity contribution in [2.45, 2.75) is 65.7 Å². The maximum Gasteiger partial charge on any atom is 0.318 e. The Labute approximate surface area is 138 Å². The minimum atomic E-state index is -0.000460. The minimum Gasteiger partial charge on any atom is -0.466 e. The average molecular weight is 320 g/mol. The number of urea groups is 1. The van der Waals surface area contributed by atoms with Crippen molar-refractivity contribution in [3.8, 4) is 0 Å². The lowest BCUT2D eigenvalue weighted by Crippen LogP contribution is -2.52. The summed E-state index contributed by atoms with van der Waals surface area (Å²) in [5.74, 6) is 1.94. The maximum atomic E-state index is 12.7. The van der Waals surface area contributed by atoms with E-state index in [4.69, 9.17) is 9.15 Å². The average Bonchev–Trinajstić information content (AvgIpc) is 2.76. The van der Waals surface area contributed by atoms with Crippen molar-refractivity contribution in [1.29, 1.82) is 0 Å². The van der Waals surface area contributed by atoms with Crippen LogP contribution < -0.4 is 5.32 Å². The number of furan rings is 1. The number of nitrogens with one attached hydrogen (secondary N) is 1. The van der Waals surface area contributed by atoms with Gasteiger partial charge in [-0.25, -0.2) is 4.79 Å². The van der Waals surface area contributed by atoms with Crippen molar-refractivity contribution in [3.63, 3.8) is 0 Å². The normalized spacial score (nSPS) is 30.0. The van der Waals surface area contributed by atoms with E-state index in [1.54, 1.807) is 0 Å². The van der Waals surface area contributed by atoms with Crippen LogP contribution in [0, 0.1) is 12.3 Å². The fourth-order valence-corrected chi connectivity index (χ4v) is 3.90. The summed E-state index contributed by atoms with van der Waals surface area (Å²) in [5.41, 5.74) is 1.27. The summed E-state index contributed by atoms with van der Waals surface area (Å²) in [5, 5.41) is 3.23. The number of ether oxygens (including phenoxy) is 1. The molecule has 3 unspecified atom stereocenters. The van der Waals surface area contributed by atoms with Crippen LogP contribution in [0.15, 0.2) is 10.5 Å². The number of morpholine rings is 1. The summed E-state index contributed by atoms with van der Waals surface area (Å²) in [4.78, 5) is 14.6. The van der Waals surface area contributed by atoms with E-state index in [0.29, 0.717) is 13.1 Å². The molecule has 0 spiro atoms. The molecule has 5 nitrogen and oxygen atoms in total. The molecule has 0 radical (unpaired) electrons. The van der Waals surface area contributed by atoms with Gasteiger partial charge in [-0.3, -0.25) is 0 Å². The molecule has 5 heteroatoms. The van der Waals surface area contributed by atoms with Crippen molar-refractivity contribution in [2.24, 2.45) is 5.41 Å². The third kappa shape index (κ3) is 3.55. The monoisotopic (exact) mass is 320 g/mol. The Morgan fingerprint density at radius 3 is 2.61 bits per heavy atom. The largest absolute Gasteiger partial charge is 0.466 e. The Bertz CT molecular complexity index is 583. The van der Waals surface area contributed by atoms with Crippen LogP contribution in [0.2, 0.25) is 0 Å². The Balaban J connectivity index is 1.75. The highest BCUT2D eigenvalue weighted by Gasteiger charge is 2.36. The molecule has 2 heterocycles. The second kappa shape index (κ2) is 5.86. The quantitative estimate of drug-likeness (QED) is 0.862. The van der Waals surface area contributed by atoms with Gasteiger partial charge in [0, 0.05) is 25.1 Å². The standard InChI is InChI=1S/C18H28N2O3/c1-11-6-14-15(7-18(4,5)8-16(14)23-11)19-17(21)20-9-12(2)22-13(3)10-20/h6,12-13,15H,7-10H2,1-5H3,(H,19,21). The number of nitrogens with zero attached hydrogens (tertiary/aromatic N) is 1. The highest BCUT2D eigenvalue weighted by molar-refractivity contribution is 5.75. The Morgan fingerprint density at radius 2 is 1.96 bits per heavy atom. The topological polar surface area (TPSA) is 54.7 Å². The van der Waals surface area contributed by atoms with Gasteiger partial charge in [0.1, 0.15) is 11.5 Å². The van der Waals surface area contributed by atoms with Crippen LogP contribution in [0.5, 0.6) is 0 Å². The number of hydrogen-bond acceptors (Lipinski definition) is 3. The second-order valence-corrected chi connectivity index (χ2v) is 7.95. The number of fused-ring (bicyclic) bond motifs is 1. The highest BCUT2D eigenvalue weighted by atomic mass is 16.5. The van der Waals surface area contributed by atoms with E-state index in [1.165, 1.54) is 0 Å². The van der Waals surface area contributed by atoms with Crippen LogP contribution in [-0.2, 0) is 11.2 Å².